The van der Waals surface area contributed by atoms with Crippen molar-refractivity contribution in [1.82, 2.24) is 0 Å². The highest BCUT2D eigenvalue weighted by molar-refractivity contribution is 6.12. The number of hydrogen-bond donors (Lipinski definition) is 0. The molecule has 1 heterocycles. The van der Waals surface area contributed by atoms with Gasteiger partial charge in [0.25, 0.3) is 0 Å². The topological polar surface area (TPSA) is 16.4 Å². The lowest BCUT2D eigenvalue weighted by Gasteiger charge is -2.35. The highest BCUT2D eigenvalue weighted by Crippen LogP contribution is 2.51. The molecule has 0 spiro atoms. The zero-order chi connectivity index (χ0) is 39.2. The lowest BCUT2D eigenvalue weighted by atomic mass is 9.70. The van der Waals surface area contributed by atoms with E-state index in [1.807, 2.05) is 6.07 Å². The summed E-state index contributed by atoms with van der Waals surface area (Å²) in [4.78, 5) is 2.54. The predicted octanol–water partition coefficient (Wildman–Crippen LogP) is 16.4. The van der Waals surface area contributed by atoms with Crippen LogP contribution in [0.1, 0.15) is 81.9 Å². The largest absolute Gasteiger partial charge is 0.456 e. The van der Waals surface area contributed by atoms with E-state index in [4.69, 9.17) is 4.42 Å². The zero-order valence-electron chi connectivity index (χ0n) is 33.9. The number of anilines is 3. The van der Waals surface area contributed by atoms with Crippen LogP contribution in [0.5, 0.6) is 0 Å². The summed E-state index contributed by atoms with van der Waals surface area (Å²) in [5, 5.41) is 2.31. The van der Waals surface area contributed by atoms with Crippen molar-refractivity contribution in [2.45, 2.75) is 70.6 Å². The Kier molecular flexibility index (Phi) is 9.37. The van der Waals surface area contributed by atoms with Gasteiger partial charge in [-0.25, -0.2) is 0 Å². The number of fused-ring (bicyclic) bond motifs is 4. The van der Waals surface area contributed by atoms with E-state index in [-0.39, 0.29) is 5.41 Å². The van der Waals surface area contributed by atoms with Gasteiger partial charge in [-0.1, -0.05) is 174 Å². The molecule has 1 fully saturated rings. The van der Waals surface area contributed by atoms with Crippen molar-refractivity contribution >= 4 is 45.1 Å². The number of rotatable bonds is 7. The summed E-state index contributed by atoms with van der Waals surface area (Å²) in [5.74, 6) is 1.25. The fourth-order valence-electron chi connectivity index (χ4n) is 9.96. The molecule has 0 saturated heterocycles. The number of benzene rings is 7. The van der Waals surface area contributed by atoms with Crippen molar-refractivity contribution in [3.63, 3.8) is 0 Å². The second kappa shape index (κ2) is 15.0. The van der Waals surface area contributed by atoms with E-state index in [1.54, 1.807) is 0 Å². The Morgan fingerprint density at radius 2 is 1.24 bits per heavy atom. The van der Waals surface area contributed by atoms with Crippen molar-refractivity contribution in [2.75, 3.05) is 4.90 Å². The van der Waals surface area contributed by atoms with Crippen molar-refractivity contribution in [1.29, 1.82) is 0 Å². The summed E-state index contributed by atoms with van der Waals surface area (Å²) in [6.45, 7) is 6.95. The molecule has 10 rings (SSSR count). The fraction of sp³-hybridized carbons (Fsp3) is 0.214. The molecule has 1 aromatic heterocycles. The van der Waals surface area contributed by atoms with Gasteiger partial charge in [0.05, 0.1) is 11.4 Å². The quantitative estimate of drug-likeness (QED) is 0.161. The monoisotopic (exact) mass is 753 g/mol. The second-order valence-corrected chi connectivity index (χ2v) is 17.5. The predicted molar refractivity (Wildman–Crippen MR) is 246 cm³/mol. The second-order valence-electron chi connectivity index (χ2n) is 17.5. The molecule has 2 aliphatic carbocycles. The standard InChI is InChI=1S/C56H51NO/c1-56(2,3)42-33-36-44(38-17-6-4-7-18-38)51(37-42)57(43-34-31-40(32-35-43)46-26-16-30-53-55(46)49-24-11-13-29-52(49)58-53)50-28-12-10-23-47(50)48-27-15-22-41-21-14-25-45(54(41)48)39-19-8-5-9-20-39/h4,6-7,10-18,21-24,26-37,39,45H,5,8-9,19-20,25H2,1-3H3. The minimum atomic E-state index is -0.0386. The van der Waals surface area contributed by atoms with E-state index in [2.05, 4.69) is 189 Å². The van der Waals surface area contributed by atoms with Gasteiger partial charge in [0.15, 0.2) is 0 Å². The Morgan fingerprint density at radius 3 is 2.07 bits per heavy atom. The molecule has 0 radical (unpaired) electrons. The molecule has 0 N–H and O–H groups in total. The van der Waals surface area contributed by atoms with E-state index >= 15 is 0 Å². The normalized spacial score (nSPS) is 15.8. The average molecular weight is 754 g/mol. The van der Waals surface area contributed by atoms with Crippen LogP contribution in [0.15, 0.2) is 168 Å². The summed E-state index contributed by atoms with van der Waals surface area (Å²) in [7, 11) is 0. The van der Waals surface area contributed by atoms with E-state index in [1.165, 1.54) is 93.5 Å². The molecule has 0 aliphatic heterocycles. The molecular formula is C56H51NO. The lowest BCUT2D eigenvalue weighted by molar-refractivity contribution is 0.304. The van der Waals surface area contributed by atoms with Crippen LogP contribution in [-0.4, -0.2) is 0 Å². The molecule has 2 aliphatic rings. The third-order valence-electron chi connectivity index (χ3n) is 12.9. The number of para-hydroxylation sites is 2. The fourth-order valence-corrected chi connectivity index (χ4v) is 9.96. The number of hydrogen-bond acceptors (Lipinski definition) is 2. The summed E-state index contributed by atoms with van der Waals surface area (Å²) < 4.78 is 6.31. The molecule has 7 aromatic carbocycles. The van der Waals surface area contributed by atoms with Gasteiger partial charge < -0.3 is 9.32 Å². The van der Waals surface area contributed by atoms with Gasteiger partial charge in [0, 0.05) is 27.6 Å². The van der Waals surface area contributed by atoms with Gasteiger partial charge in [-0.15, -0.1) is 0 Å². The molecular weight excluding hydrogens is 703 g/mol. The molecule has 0 amide bonds. The third kappa shape index (κ3) is 6.55. The molecule has 0 bridgehead atoms. The van der Waals surface area contributed by atoms with Crippen molar-refractivity contribution in [2.24, 2.45) is 5.92 Å². The molecule has 1 unspecified atom stereocenters. The van der Waals surface area contributed by atoms with Crippen LogP contribution in [-0.2, 0) is 5.41 Å². The Balaban J connectivity index is 1.20. The van der Waals surface area contributed by atoms with Crippen LogP contribution in [0.2, 0.25) is 0 Å². The lowest BCUT2D eigenvalue weighted by Crippen LogP contribution is -2.20. The number of furan rings is 1. The Labute approximate surface area is 343 Å². The van der Waals surface area contributed by atoms with Crippen LogP contribution >= 0.6 is 0 Å². The van der Waals surface area contributed by atoms with E-state index in [0.717, 1.165) is 40.0 Å². The maximum atomic E-state index is 6.31. The summed E-state index contributed by atoms with van der Waals surface area (Å²) in [5.41, 5.74) is 16.9. The van der Waals surface area contributed by atoms with Crippen LogP contribution in [0.4, 0.5) is 17.1 Å². The van der Waals surface area contributed by atoms with Gasteiger partial charge in [0.1, 0.15) is 11.2 Å². The van der Waals surface area contributed by atoms with Crippen molar-refractivity contribution < 1.29 is 4.42 Å². The minimum Gasteiger partial charge on any atom is -0.456 e. The van der Waals surface area contributed by atoms with Gasteiger partial charge in [-0.05, 0) is 112 Å². The highest BCUT2D eigenvalue weighted by atomic mass is 16.3. The Morgan fingerprint density at radius 1 is 0.552 bits per heavy atom. The maximum absolute atomic E-state index is 6.31. The van der Waals surface area contributed by atoms with E-state index in [0.29, 0.717) is 5.92 Å². The molecule has 286 valence electrons. The smallest absolute Gasteiger partial charge is 0.136 e. The first kappa shape index (κ1) is 36.2. The highest BCUT2D eigenvalue weighted by Gasteiger charge is 2.31. The van der Waals surface area contributed by atoms with Crippen LogP contribution in [0.25, 0.3) is 61.4 Å². The average Bonchev–Trinajstić information content (AvgIpc) is 3.66. The zero-order valence-corrected chi connectivity index (χ0v) is 33.9. The first-order valence-corrected chi connectivity index (χ1v) is 21.3. The first-order chi connectivity index (χ1) is 28.4. The maximum Gasteiger partial charge on any atom is 0.136 e. The molecule has 1 atom stereocenters. The third-order valence-corrected chi connectivity index (χ3v) is 12.9. The molecule has 2 heteroatoms. The van der Waals surface area contributed by atoms with Crippen molar-refractivity contribution in [3.8, 4) is 33.4 Å². The minimum absolute atomic E-state index is 0.0386. The SMILES string of the molecule is CC(C)(C)c1ccc(-c2ccccc2)c(N(c2ccc(-c3cccc4oc5ccccc5c34)cc2)c2ccccc2-c2cccc3c2C(C2CCCCC2)CC=C3)c1. The Hall–Kier alpha value is -6.12. The van der Waals surface area contributed by atoms with Crippen LogP contribution in [0, 0.1) is 5.92 Å². The molecule has 58 heavy (non-hydrogen) atoms. The van der Waals surface area contributed by atoms with Gasteiger partial charge in [-0.2, -0.15) is 0 Å². The van der Waals surface area contributed by atoms with E-state index in [9.17, 15) is 0 Å². The van der Waals surface area contributed by atoms with E-state index < -0.39 is 0 Å². The summed E-state index contributed by atoms with van der Waals surface area (Å²) in [6.07, 6.45) is 12.6. The van der Waals surface area contributed by atoms with Gasteiger partial charge in [-0.3, -0.25) is 0 Å². The van der Waals surface area contributed by atoms with Crippen LogP contribution in [0.3, 0.4) is 0 Å². The summed E-state index contributed by atoms with van der Waals surface area (Å²) in [6, 6.07) is 58.2. The van der Waals surface area contributed by atoms with Crippen molar-refractivity contribution in [3.05, 3.63) is 180 Å². The Bertz CT molecular complexity index is 2770. The summed E-state index contributed by atoms with van der Waals surface area (Å²) >= 11 is 0. The number of nitrogens with zero attached hydrogens (tertiary/aromatic N) is 1. The molecule has 1 saturated carbocycles. The first-order valence-electron chi connectivity index (χ1n) is 21.3. The van der Waals surface area contributed by atoms with Crippen LogP contribution < -0.4 is 4.90 Å². The molecule has 8 aromatic rings. The molecule has 2 nitrogen and oxygen atoms in total. The number of allylic oxidation sites excluding steroid dienone is 1. The van der Waals surface area contributed by atoms with Gasteiger partial charge >= 0.3 is 0 Å². The van der Waals surface area contributed by atoms with Gasteiger partial charge in [0.2, 0.25) is 0 Å².